The second kappa shape index (κ2) is 12.2. The van der Waals surface area contributed by atoms with E-state index in [0.29, 0.717) is 25.3 Å². The lowest BCUT2D eigenvalue weighted by Crippen LogP contribution is -2.42. The van der Waals surface area contributed by atoms with E-state index in [0.717, 1.165) is 36.2 Å². The van der Waals surface area contributed by atoms with Crippen LogP contribution in [-0.4, -0.2) is 49.8 Å². The van der Waals surface area contributed by atoms with Gasteiger partial charge in [0.2, 0.25) is 0 Å². The average molecular weight is 566 g/mol. The largest absolute Gasteiger partial charge is 0.444 e. The van der Waals surface area contributed by atoms with Gasteiger partial charge in [0.1, 0.15) is 23.1 Å². The Labute approximate surface area is 241 Å². The van der Waals surface area contributed by atoms with Crippen LogP contribution in [0.1, 0.15) is 109 Å². The summed E-state index contributed by atoms with van der Waals surface area (Å²) < 4.78 is 34.9. The van der Waals surface area contributed by atoms with Gasteiger partial charge in [-0.25, -0.2) is 23.5 Å². The predicted octanol–water partition coefficient (Wildman–Crippen LogP) is 7.56. The van der Waals surface area contributed by atoms with Gasteiger partial charge in [-0.2, -0.15) is 5.10 Å². The zero-order chi connectivity index (χ0) is 29.9. The number of benzene rings is 1. The predicted molar refractivity (Wildman–Crippen MR) is 155 cm³/mol. The SMILES string of the molecule is CC[C@H](C)c1cc(-c2c(F)cccc2F)nnc1[C@@](C)(CC)c1ccnc([C@@H]2CCCN(C(=O)OC(C)(C)C)C2)n1. The highest BCUT2D eigenvalue weighted by molar-refractivity contribution is 5.68. The molecule has 1 aliphatic rings. The van der Waals surface area contributed by atoms with Crippen molar-refractivity contribution in [1.29, 1.82) is 0 Å². The van der Waals surface area contributed by atoms with Crippen LogP contribution in [0, 0.1) is 11.6 Å². The van der Waals surface area contributed by atoms with Gasteiger partial charge in [0, 0.05) is 25.2 Å². The van der Waals surface area contributed by atoms with E-state index in [1.165, 1.54) is 18.2 Å². The number of halogens is 2. The summed E-state index contributed by atoms with van der Waals surface area (Å²) in [5.74, 6) is -0.619. The van der Waals surface area contributed by atoms with Crippen LogP contribution in [-0.2, 0) is 10.2 Å². The molecule has 0 radical (unpaired) electrons. The number of ether oxygens (including phenoxy) is 1. The molecule has 2 aromatic heterocycles. The number of aromatic nitrogens is 4. The first-order valence-electron chi connectivity index (χ1n) is 14.5. The van der Waals surface area contributed by atoms with E-state index in [1.807, 2.05) is 26.8 Å². The van der Waals surface area contributed by atoms with Crippen LogP contribution in [0.5, 0.6) is 0 Å². The lowest BCUT2D eigenvalue weighted by Gasteiger charge is -2.34. The highest BCUT2D eigenvalue weighted by Gasteiger charge is 2.36. The van der Waals surface area contributed by atoms with Crippen molar-refractivity contribution in [1.82, 2.24) is 25.1 Å². The molecule has 1 saturated heterocycles. The fraction of sp³-hybridized carbons (Fsp3) is 0.531. The van der Waals surface area contributed by atoms with Crippen molar-refractivity contribution in [3.63, 3.8) is 0 Å². The number of likely N-dealkylation sites (tertiary alicyclic amines) is 1. The minimum atomic E-state index is -0.672. The molecule has 0 N–H and O–H groups in total. The van der Waals surface area contributed by atoms with Gasteiger partial charge < -0.3 is 9.64 Å². The monoisotopic (exact) mass is 565 g/mol. The molecule has 1 amide bonds. The van der Waals surface area contributed by atoms with Crippen molar-refractivity contribution in [2.75, 3.05) is 13.1 Å². The Bertz CT molecular complexity index is 1370. The molecule has 4 rings (SSSR count). The molecule has 220 valence electrons. The molecule has 0 unspecified atom stereocenters. The molecule has 0 bridgehead atoms. The normalized spacial score (nSPS) is 18.1. The molecule has 0 saturated carbocycles. The first kappa shape index (κ1) is 30.5. The Morgan fingerprint density at radius 1 is 1.12 bits per heavy atom. The van der Waals surface area contributed by atoms with Gasteiger partial charge in [0.05, 0.1) is 28.1 Å². The minimum absolute atomic E-state index is 0.0242. The fourth-order valence-corrected chi connectivity index (χ4v) is 5.32. The molecule has 3 heterocycles. The first-order chi connectivity index (χ1) is 19.4. The van der Waals surface area contributed by atoms with Crippen LogP contribution in [0.4, 0.5) is 13.6 Å². The molecule has 0 spiro atoms. The van der Waals surface area contributed by atoms with Crippen LogP contribution in [0.3, 0.4) is 0 Å². The standard InChI is InChI=1S/C32H41F2N5O2/c1-8-20(3)22-18-25(27-23(33)13-10-14-24(27)34)37-38-28(22)32(7,9-2)26-15-16-35-29(36-26)21-12-11-17-39(19-21)30(40)41-31(4,5)6/h10,13-16,18,20-21H,8-9,11-12,17,19H2,1-7H3/t20-,21+,32-/m0/s1. The van der Waals surface area contributed by atoms with Crippen LogP contribution in [0.2, 0.25) is 0 Å². The van der Waals surface area contributed by atoms with Crippen LogP contribution in [0.15, 0.2) is 36.5 Å². The second-order valence-electron chi connectivity index (χ2n) is 12.2. The van der Waals surface area contributed by atoms with Gasteiger partial charge in [-0.05, 0) is 89.1 Å². The highest BCUT2D eigenvalue weighted by Crippen LogP contribution is 2.40. The zero-order valence-electron chi connectivity index (χ0n) is 25.2. The van der Waals surface area contributed by atoms with E-state index in [4.69, 9.17) is 9.72 Å². The summed E-state index contributed by atoms with van der Waals surface area (Å²) in [7, 11) is 0. The maximum absolute atomic E-state index is 14.6. The van der Waals surface area contributed by atoms with Crippen molar-refractivity contribution >= 4 is 6.09 Å². The summed E-state index contributed by atoms with van der Waals surface area (Å²) in [4.78, 5) is 24.1. The first-order valence-corrected chi connectivity index (χ1v) is 14.5. The number of carbonyl (C=O) groups is 1. The summed E-state index contributed by atoms with van der Waals surface area (Å²) in [6.07, 6.45) is 4.62. The molecule has 1 fully saturated rings. The van der Waals surface area contributed by atoms with Crippen molar-refractivity contribution < 1.29 is 18.3 Å². The molecular weight excluding hydrogens is 524 g/mol. The molecule has 3 atom stereocenters. The number of hydrogen-bond acceptors (Lipinski definition) is 6. The Balaban J connectivity index is 1.72. The van der Waals surface area contributed by atoms with Gasteiger partial charge in [-0.15, -0.1) is 5.10 Å². The summed E-state index contributed by atoms with van der Waals surface area (Å²) >= 11 is 0. The smallest absolute Gasteiger partial charge is 0.410 e. The molecule has 41 heavy (non-hydrogen) atoms. The topological polar surface area (TPSA) is 81.1 Å². The van der Waals surface area contributed by atoms with Gasteiger partial charge in [0.15, 0.2) is 0 Å². The van der Waals surface area contributed by atoms with Crippen molar-refractivity contribution in [2.24, 2.45) is 0 Å². The van der Waals surface area contributed by atoms with E-state index in [-0.39, 0.29) is 29.2 Å². The minimum Gasteiger partial charge on any atom is -0.444 e. The number of carbonyl (C=O) groups excluding carboxylic acids is 1. The lowest BCUT2D eigenvalue weighted by atomic mass is 9.76. The molecular formula is C32H41F2N5O2. The van der Waals surface area contributed by atoms with E-state index >= 15 is 0 Å². The quantitative estimate of drug-likeness (QED) is 0.294. The molecule has 1 aromatic carbocycles. The lowest BCUT2D eigenvalue weighted by molar-refractivity contribution is 0.0196. The van der Waals surface area contributed by atoms with Gasteiger partial charge in [0.25, 0.3) is 0 Å². The van der Waals surface area contributed by atoms with Crippen molar-refractivity contribution in [3.05, 3.63) is 70.9 Å². The zero-order valence-corrected chi connectivity index (χ0v) is 25.2. The average Bonchev–Trinajstić information content (AvgIpc) is 2.95. The van der Waals surface area contributed by atoms with Gasteiger partial charge in [-0.1, -0.05) is 26.8 Å². The van der Waals surface area contributed by atoms with Gasteiger partial charge in [-0.3, -0.25) is 0 Å². The molecule has 3 aromatic rings. The molecule has 0 aliphatic carbocycles. The molecule has 7 nitrogen and oxygen atoms in total. The van der Waals surface area contributed by atoms with E-state index in [2.05, 4.69) is 42.9 Å². The molecule has 1 aliphatic heterocycles. The third-order valence-corrected chi connectivity index (χ3v) is 8.09. The number of hydrogen-bond donors (Lipinski definition) is 0. The Hall–Kier alpha value is -3.49. The Kier molecular flexibility index (Phi) is 9.04. The Morgan fingerprint density at radius 3 is 2.46 bits per heavy atom. The van der Waals surface area contributed by atoms with E-state index < -0.39 is 22.7 Å². The van der Waals surface area contributed by atoms with Crippen molar-refractivity contribution in [3.8, 4) is 11.3 Å². The summed E-state index contributed by atoms with van der Waals surface area (Å²) in [5.41, 5.74) is 1.22. The number of piperidine rings is 1. The number of amides is 1. The number of rotatable bonds is 7. The van der Waals surface area contributed by atoms with Gasteiger partial charge >= 0.3 is 6.09 Å². The maximum atomic E-state index is 14.6. The summed E-state index contributed by atoms with van der Waals surface area (Å²) in [5, 5.41) is 8.95. The maximum Gasteiger partial charge on any atom is 0.410 e. The Morgan fingerprint density at radius 2 is 1.83 bits per heavy atom. The van der Waals surface area contributed by atoms with Crippen molar-refractivity contribution in [2.45, 2.75) is 97.0 Å². The number of nitrogens with zero attached hydrogens (tertiary/aromatic N) is 5. The second-order valence-corrected chi connectivity index (χ2v) is 12.2. The third-order valence-electron chi connectivity index (χ3n) is 8.09. The van der Waals surface area contributed by atoms with Crippen LogP contribution < -0.4 is 0 Å². The van der Waals surface area contributed by atoms with E-state index in [1.54, 1.807) is 17.2 Å². The van der Waals surface area contributed by atoms with E-state index in [9.17, 15) is 13.6 Å². The van der Waals surface area contributed by atoms with Crippen LogP contribution >= 0.6 is 0 Å². The third kappa shape index (κ3) is 6.54. The fourth-order valence-electron chi connectivity index (χ4n) is 5.32. The summed E-state index contributed by atoms with van der Waals surface area (Å²) in [6.45, 7) is 15.0. The molecule has 9 heteroatoms. The highest BCUT2D eigenvalue weighted by atomic mass is 19.1. The summed E-state index contributed by atoms with van der Waals surface area (Å²) in [6, 6.07) is 7.46. The van der Waals surface area contributed by atoms with Crippen LogP contribution in [0.25, 0.3) is 11.3 Å².